The van der Waals surface area contributed by atoms with E-state index in [1.165, 1.54) is 0 Å². The molecular formula is C22H23ClN4O4. The van der Waals surface area contributed by atoms with Crippen LogP contribution < -0.4 is 15.4 Å². The zero-order valence-electron chi connectivity index (χ0n) is 17.1. The standard InChI is InChI=1S/C22H23ClN4O4/c1-27-18-9-6-15(25-21(28)13-31-16-7-4-14(23)5-8-16)11-17(18)26-20(27)12-24-22(29)19-3-2-10-30-19/h4-9,11,19H,2-3,10,12-13H2,1H3,(H,24,29)(H,25,28)/t19-/m0/s1. The molecule has 0 bridgehead atoms. The van der Waals surface area contributed by atoms with Gasteiger partial charge in [0.1, 0.15) is 17.7 Å². The van der Waals surface area contributed by atoms with Crippen LogP contribution in [0.2, 0.25) is 5.02 Å². The van der Waals surface area contributed by atoms with E-state index in [2.05, 4.69) is 15.6 Å². The first kappa shape index (κ1) is 21.1. The van der Waals surface area contributed by atoms with E-state index in [0.717, 1.165) is 29.7 Å². The quantitative estimate of drug-likeness (QED) is 0.586. The van der Waals surface area contributed by atoms with Gasteiger partial charge in [0.2, 0.25) is 5.91 Å². The summed E-state index contributed by atoms with van der Waals surface area (Å²) in [7, 11) is 1.89. The lowest BCUT2D eigenvalue weighted by Crippen LogP contribution is -2.34. The SMILES string of the molecule is Cn1c(CNC(=O)[C@@H]2CCCO2)nc2cc(NC(=O)COc3ccc(Cl)cc3)ccc21. The number of aromatic nitrogens is 2. The maximum atomic E-state index is 12.2. The molecule has 0 aliphatic carbocycles. The Hall–Kier alpha value is -3.10. The van der Waals surface area contributed by atoms with Gasteiger partial charge in [0, 0.05) is 24.4 Å². The summed E-state index contributed by atoms with van der Waals surface area (Å²) in [4.78, 5) is 29.0. The van der Waals surface area contributed by atoms with E-state index in [4.69, 9.17) is 21.1 Å². The molecule has 1 aliphatic heterocycles. The molecule has 1 aromatic heterocycles. The van der Waals surface area contributed by atoms with E-state index >= 15 is 0 Å². The van der Waals surface area contributed by atoms with Gasteiger partial charge in [0.05, 0.1) is 17.6 Å². The summed E-state index contributed by atoms with van der Waals surface area (Å²) in [5, 5.41) is 6.29. The first-order chi connectivity index (χ1) is 15.0. The van der Waals surface area contributed by atoms with Gasteiger partial charge in [-0.1, -0.05) is 11.6 Å². The Morgan fingerprint density at radius 3 is 2.81 bits per heavy atom. The molecule has 1 aliphatic rings. The van der Waals surface area contributed by atoms with Crippen molar-refractivity contribution in [2.75, 3.05) is 18.5 Å². The third-order valence-corrected chi connectivity index (χ3v) is 5.34. The van der Waals surface area contributed by atoms with Crippen LogP contribution in [-0.4, -0.2) is 40.7 Å². The van der Waals surface area contributed by atoms with Gasteiger partial charge in [-0.25, -0.2) is 4.98 Å². The van der Waals surface area contributed by atoms with Crippen LogP contribution in [0.3, 0.4) is 0 Å². The molecule has 0 radical (unpaired) electrons. The second-order valence-electron chi connectivity index (χ2n) is 7.30. The summed E-state index contributed by atoms with van der Waals surface area (Å²) in [6.07, 6.45) is 1.29. The number of amides is 2. The smallest absolute Gasteiger partial charge is 0.262 e. The molecule has 2 N–H and O–H groups in total. The Balaban J connectivity index is 1.36. The minimum Gasteiger partial charge on any atom is -0.484 e. The Kier molecular flexibility index (Phi) is 6.39. The lowest BCUT2D eigenvalue weighted by Gasteiger charge is -2.10. The summed E-state index contributed by atoms with van der Waals surface area (Å²) in [6.45, 7) is 0.812. The number of nitrogens with zero attached hydrogens (tertiary/aromatic N) is 2. The van der Waals surface area contributed by atoms with E-state index in [1.807, 2.05) is 17.7 Å². The third-order valence-electron chi connectivity index (χ3n) is 5.08. The molecule has 3 aromatic rings. The lowest BCUT2D eigenvalue weighted by atomic mass is 10.2. The summed E-state index contributed by atoms with van der Waals surface area (Å²) < 4.78 is 12.8. The van der Waals surface area contributed by atoms with E-state index in [-0.39, 0.29) is 24.5 Å². The monoisotopic (exact) mass is 442 g/mol. The van der Waals surface area contributed by atoms with Crippen molar-refractivity contribution in [3.8, 4) is 5.75 Å². The number of benzene rings is 2. The van der Waals surface area contributed by atoms with Crippen LogP contribution in [0.1, 0.15) is 18.7 Å². The van der Waals surface area contributed by atoms with E-state index in [1.54, 1.807) is 36.4 Å². The predicted octanol–water partition coefficient (Wildman–Crippen LogP) is 3.04. The number of ether oxygens (including phenoxy) is 2. The summed E-state index contributed by atoms with van der Waals surface area (Å²) >= 11 is 5.84. The largest absolute Gasteiger partial charge is 0.484 e. The molecule has 2 amide bonds. The minimum atomic E-state index is -0.369. The van der Waals surface area contributed by atoms with Crippen molar-refractivity contribution in [1.82, 2.24) is 14.9 Å². The number of aryl methyl sites for hydroxylation is 1. The number of nitrogens with one attached hydrogen (secondary N) is 2. The highest BCUT2D eigenvalue weighted by atomic mass is 35.5. The van der Waals surface area contributed by atoms with Crippen LogP contribution in [0, 0.1) is 0 Å². The lowest BCUT2D eigenvalue weighted by molar-refractivity contribution is -0.130. The summed E-state index contributed by atoms with van der Waals surface area (Å²) in [5.41, 5.74) is 2.24. The average Bonchev–Trinajstić information content (AvgIpc) is 3.40. The molecule has 8 nitrogen and oxygen atoms in total. The maximum Gasteiger partial charge on any atom is 0.262 e. The van der Waals surface area contributed by atoms with E-state index in [0.29, 0.717) is 29.6 Å². The molecular weight excluding hydrogens is 420 g/mol. The molecule has 2 aromatic carbocycles. The van der Waals surface area contributed by atoms with Gasteiger partial charge in [0.25, 0.3) is 5.91 Å². The average molecular weight is 443 g/mol. The van der Waals surface area contributed by atoms with Gasteiger partial charge in [-0.15, -0.1) is 0 Å². The number of carbonyl (C=O) groups excluding carboxylic acids is 2. The molecule has 0 unspecified atom stereocenters. The molecule has 162 valence electrons. The number of halogens is 1. The Morgan fingerprint density at radius 1 is 1.26 bits per heavy atom. The molecule has 2 heterocycles. The highest BCUT2D eigenvalue weighted by molar-refractivity contribution is 6.30. The summed E-state index contributed by atoms with van der Waals surface area (Å²) in [6, 6.07) is 12.3. The molecule has 1 fully saturated rings. The van der Waals surface area contributed by atoms with Crippen LogP contribution in [0.4, 0.5) is 5.69 Å². The fraction of sp³-hybridized carbons (Fsp3) is 0.318. The van der Waals surface area contributed by atoms with E-state index < -0.39 is 0 Å². The Bertz CT molecular complexity index is 1090. The molecule has 1 atom stereocenters. The van der Waals surface area contributed by atoms with Crippen LogP contribution >= 0.6 is 11.6 Å². The van der Waals surface area contributed by atoms with Crippen molar-refractivity contribution in [2.24, 2.45) is 7.05 Å². The van der Waals surface area contributed by atoms with Crippen molar-refractivity contribution in [1.29, 1.82) is 0 Å². The van der Waals surface area contributed by atoms with Gasteiger partial charge in [-0.2, -0.15) is 0 Å². The van der Waals surface area contributed by atoms with Crippen LogP contribution in [0.5, 0.6) is 5.75 Å². The fourth-order valence-electron chi connectivity index (χ4n) is 3.43. The molecule has 0 saturated carbocycles. The van der Waals surface area contributed by atoms with Gasteiger partial charge in [0.15, 0.2) is 6.61 Å². The van der Waals surface area contributed by atoms with Crippen molar-refractivity contribution >= 4 is 40.1 Å². The maximum absolute atomic E-state index is 12.2. The van der Waals surface area contributed by atoms with Crippen LogP contribution in [0.15, 0.2) is 42.5 Å². The van der Waals surface area contributed by atoms with Gasteiger partial charge in [-0.3, -0.25) is 9.59 Å². The highest BCUT2D eigenvalue weighted by Crippen LogP contribution is 2.20. The number of carbonyl (C=O) groups is 2. The number of hydrogen-bond acceptors (Lipinski definition) is 5. The predicted molar refractivity (Wildman–Crippen MR) is 117 cm³/mol. The molecule has 9 heteroatoms. The number of anilines is 1. The van der Waals surface area contributed by atoms with Crippen molar-refractivity contribution < 1.29 is 19.1 Å². The van der Waals surface area contributed by atoms with Gasteiger partial charge in [-0.05, 0) is 55.3 Å². The number of hydrogen-bond donors (Lipinski definition) is 2. The summed E-state index contributed by atoms with van der Waals surface area (Å²) in [5.74, 6) is 0.887. The molecule has 0 spiro atoms. The molecule has 31 heavy (non-hydrogen) atoms. The minimum absolute atomic E-state index is 0.113. The second-order valence-corrected chi connectivity index (χ2v) is 7.74. The Labute approximate surface area is 184 Å². The van der Waals surface area contributed by atoms with Crippen molar-refractivity contribution in [3.05, 3.63) is 53.3 Å². The number of fused-ring (bicyclic) bond motifs is 1. The third kappa shape index (κ3) is 5.15. The first-order valence-electron chi connectivity index (χ1n) is 10.0. The van der Waals surface area contributed by atoms with Crippen molar-refractivity contribution in [2.45, 2.75) is 25.5 Å². The normalized spacial score (nSPS) is 15.7. The second kappa shape index (κ2) is 9.36. The highest BCUT2D eigenvalue weighted by Gasteiger charge is 2.23. The van der Waals surface area contributed by atoms with Crippen LogP contribution in [-0.2, 0) is 27.9 Å². The topological polar surface area (TPSA) is 94.5 Å². The van der Waals surface area contributed by atoms with Crippen LogP contribution in [0.25, 0.3) is 11.0 Å². The molecule has 1 saturated heterocycles. The zero-order chi connectivity index (χ0) is 21.8. The van der Waals surface area contributed by atoms with E-state index in [9.17, 15) is 9.59 Å². The van der Waals surface area contributed by atoms with Gasteiger partial charge >= 0.3 is 0 Å². The van der Waals surface area contributed by atoms with Crippen molar-refractivity contribution in [3.63, 3.8) is 0 Å². The Morgan fingerprint density at radius 2 is 2.06 bits per heavy atom. The zero-order valence-corrected chi connectivity index (χ0v) is 17.8. The first-order valence-corrected chi connectivity index (χ1v) is 10.4. The number of rotatable bonds is 7. The fourth-order valence-corrected chi connectivity index (χ4v) is 3.55. The van der Waals surface area contributed by atoms with Gasteiger partial charge < -0.3 is 24.7 Å². The molecule has 4 rings (SSSR count). The number of imidazole rings is 1.